The van der Waals surface area contributed by atoms with Crippen LogP contribution in [-0.2, 0) is 4.79 Å². The second-order valence-corrected chi connectivity index (χ2v) is 8.51. The fourth-order valence-electron chi connectivity index (χ4n) is 4.83. The molecule has 3 aromatic rings. The number of benzene rings is 2. The van der Waals surface area contributed by atoms with Crippen LogP contribution in [0, 0.1) is 5.92 Å². The predicted molar refractivity (Wildman–Crippen MR) is 113 cm³/mol. The molecule has 0 spiro atoms. The lowest BCUT2D eigenvalue weighted by atomic mass is 9.95. The van der Waals surface area contributed by atoms with Crippen LogP contribution in [-0.4, -0.2) is 27.9 Å². The highest BCUT2D eigenvalue weighted by Crippen LogP contribution is 2.41. The minimum atomic E-state index is -0.803. The van der Waals surface area contributed by atoms with Gasteiger partial charge in [-0.25, -0.2) is 0 Å². The van der Waals surface area contributed by atoms with Crippen LogP contribution in [0.5, 0.6) is 11.5 Å². The first-order valence-corrected chi connectivity index (χ1v) is 10.7. The molecule has 1 aromatic heterocycles. The third kappa shape index (κ3) is 3.86. The minimum Gasteiger partial charge on any atom is -0.492 e. The molecular weight excluding hydrogens is 380 g/mol. The Morgan fingerprint density at radius 1 is 1.23 bits per heavy atom. The molecule has 1 saturated carbocycles. The number of fused-ring (bicyclic) bond motifs is 2. The Bertz CT molecular complexity index is 1050. The number of carboxylic acid groups (broad SMARTS) is 1. The van der Waals surface area contributed by atoms with Crippen molar-refractivity contribution in [3.63, 3.8) is 0 Å². The van der Waals surface area contributed by atoms with Crippen LogP contribution in [0.3, 0.4) is 0 Å². The van der Waals surface area contributed by atoms with Crippen LogP contribution in [0.4, 0.5) is 0 Å². The first-order chi connectivity index (χ1) is 14.7. The number of carbonyl (C=O) groups is 1. The summed E-state index contributed by atoms with van der Waals surface area (Å²) < 4.78 is 12.3. The van der Waals surface area contributed by atoms with Crippen molar-refractivity contribution in [1.29, 1.82) is 0 Å². The topological polar surface area (TPSA) is 84.4 Å². The number of nitrogens with zero attached hydrogens (tertiary/aromatic N) is 1. The van der Waals surface area contributed by atoms with Crippen LogP contribution < -0.4 is 9.47 Å². The van der Waals surface area contributed by atoms with Crippen molar-refractivity contribution in [2.24, 2.45) is 5.92 Å². The molecule has 2 unspecified atom stereocenters. The number of aromatic nitrogens is 2. The van der Waals surface area contributed by atoms with E-state index in [4.69, 9.17) is 14.6 Å². The summed E-state index contributed by atoms with van der Waals surface area (Å²) in [6, 6.07) is 12.2. The van der Waals surface area contributed by atoms with Crippen molar-refractivity contribution in [2.75, 3.05) is 6.61 Å². The van der Waals surface area contributed by atoms with Crippen LogP contribution in [0.25, 0.3) is 10.9 Å². The van der Waals surface area contributed by atoms with Gasteiger partial charge in [-0.2, -0.15) is 5.10 Å². The number of hydrogen-bond acceptors (Lipinski definition) is 4. The Balaban J connectivity index is 1.40. The highest BCUT2D eigenvalue weighted by atomic mass is 16.5. The molecule has 0 radical (unpaired) electrons. The van der Waals surface area contributed by atoms with Crippen molar-refractivity contribution in [3.8, 4) is 11.5 Å². The Morgan fingerprint density at radius 3 is 2.93 bits per heavy atom. The average molecular weight is 406 g/mol. The second kappa shape index (κ2) is 8.01. The Morgan fingerprint density at radius 2 is 2.10 bits per heavy atom. The molecule has 156 valence electrons. The van der Waals surface area contributed by atoms with E-state index in [1.165, 1.54) is 25.7 Å². The average Bonchev–Trinajstić information content (AvgIpc) is 3.48. The molecule has 6 heteroatoms. The fraction of sp³-hybridized carbons (Fsp3) is 0.417. The second-order valence-electron chi connectivity index (χ2n) is 8.51. The third-order valence-corrected chi connectivity index (χ3v) is 6.42. The van der Waals surface area contributed by atoms with Crippen LogP contribution in [0.15, 0.2) is 42.6 Å². The summed E-state index contributed by atoms with van der Waals surface area (Å²) in [6.07, 6.45) is 7.98. The number of aliphatic carboxylic acids is 1. The maximum absolute atomic E-state index is 11.1. The Hall–Kier alpha value is -3.02. The summed E-state index contributed by atoms with van der Waals surface area (Å²) >= 11 is 0. The zero-order valence-electron chi connectivity index (χ0n) is 16.8. The maximum Gasteiger partial charge on any atom is 0.304 e. The Kier molecular flexibility index (Phi) is 5.07. The van der Waals surface area contributed by atoms with Crippen molar-refractivity contribution in [3.05, 3.63) is 53.7 Å². The van der Waals surface area contributed by atoms with Gasteiger partial charge in [-0.1, -0.05) is 43.9 Å². The zero-order chi connectivity index (χ0) is 20.5. The van der Waals surface area contributed by atoms with E-state index < -0.39 is 5.97 Å². The van der Waals surface area contributed by atoms with Gasteiger partial charge in [0.1, 0.15) is 17.6 Å². The first kappa shape index (κ1) is 19.0. The molecule has 1 aliphatic carbocycles. The van der Waals surface area contributed by atoms with Crippen molar-refractivity contribution >= 4 is 16.9 Å². The van der Waals surface area contributed by atoms with E-state index in [2.05, 4.69) is 28.4 Å². The van der Waals surface area contributed by atoms with Gasteiger partial charge in [0.25, 0.3) is 0 Å². The molecule has 2 N–H and O–H groups in total. The standard InChI is InChI=1S/C24H26N2O4/c27-24(28)11-18-14-29-23-12-19(7-8-20(18)23)30-22(9-15-3-1-2-4-15)16-5-6-17-13-25-26-21(17)10-16/h5-8,10,12-13,15,18,22H,1-4,9,11,14H2,(H,25,26)(H,27,28). The van der Waals surface area contributed by atoms with Gasteiger partial charge in [0.05, 0.1) is 24.7 Å². The number of carboxylic acids is 1. The van der Waals surface area contributed by atoms with E-state index in [0.29, 0.717) is 12.5 Å². The quantitative estimate of drug-likeness (QED) is 0.562. The van der Waals surface area contributed by atoms with E-state index in [1.807, 2.05) is 24.4 Å². The van der Waals surface area contributed by atoms with Gasteiger partial charge in [0, 0.05) is 22.9 Å². The molecule has 30 heavy (non-hydrogen) atoms. The molecule has 2 aliphatic rings. The fourth-order valence-corrected chi connectivity index (χ4v) is 4.83. The molecule has 1 aliphatic heterocycles. The van der Waals surface area contributed by atoms with Crippen molar-refractivity contribution in [1.82, 2.24) is 10.2 Å². The summed E-state index contributed by atoms with van der Waals surface area (Å²) in [5.74, 6) is 1.28. The van der Waals surface area contributed by atoms with Gasteiger partial charge in [-0.05, 0) is 30.0 Å². The van der Waals surface area contributed by atoms with E-state index in [0.717, 1.165) is 39.9 Å². The molecule has 0 saturated heterocycles. The third-order valence-electron chi connectivity index (χ3n) is 6.42. The summed E-state index contributed by atoms with van der Waals surface area (Å²) in [5.41, 5.74) is 3.11. The smallest absolute Gasteiger partial charge is 0.304 e. The molecule has 2 heterocycles. The van der Waals surface area contributed by atoms with Gasteiger partial charge >= 0.3 is 5.97 Å². The molecule has 6 nitrogen and oxygen atoms in total. The number of rotatable bonds is 7. The number of aromatic amines is 1. The minimum absolute atomic E-state index is 0.0462. The SMILES string of the molecule is O=C(O)CC1COc2cc(OC(CC3CCCC3)c3ccc4cn[nH]c4c3)ccc21. The normalized spacial score (nSPS) is 19.5. The summed E-state index contributed by atoms with van der Waals surface area (Å²) in [4.78, 5) is 11.1. The number of hydrogen-bond donors (Lipinski definition) is 2. The molecule has 5 rings (SSSR count). The zero-order valence-corrected chi connectivity index (χ0v) is 16.8. The summed E-state index contributed by atoms with van der Waals surface area (Å²) in [6.45, 7) is 0.410. The number of ether oxygens (including phenoxy) is 2. The van der Waals surface area contributed by atoms with Gasteiger partial charge < -0.3 is 14.6 Å². The van der Waals surface area contributed by atoms with E-state index in [1.54, 1.807) is 0 Å². The van der Waals surface area contributed by atoms with Gasteiger partial charge in [-0.3, -0.25) is 9.89 Å². The lowest BCUT2D eigenvalue weighted by Gasteiger charge is -2.23. The lowest BCUT2D eigenvalue weighted by Crippen LogP contribution is -2.12. The van der Waals surface area contributed by atoms with Crippen molar-refractivity contribution < 1.29 is 19.4 Å². The van der Waals surface area contributed by atoms with Gasteiger partial charge in [0.2, 0.25) is 0 Å². The van der Waals surface area contributed by atoms with Crippen LogP contribution in [0.1, 0.15) is 61.7 Å². The highest BCUT2D eigenvalue weighted by Gasteiger charge is 2.28. The molecule has 2 aromatic carbocycles. The first-order valence-electron chi connectivity index (χ1n) is 10.7. The van der Waals surface area contributed by atoms with E-state index in [-0.39, 0.29) is 18.4 Å². The summed E-state index contributed by atoms with van der Waals surface area (Å²) in [5, 5.41) is 17.4. The molecule has 2 atom stereocenters. The number of nitrogens with one attached hydrogen (secondary N) is 1. The lowest BCUT2D eigenvalue weighted by molar-refractivity contribution is -0.137. The highest BCUT2D eigenvalue weighted by molar-refractivity contribution is 5.78. The monoisotopic (exact) mass is 406 g/mol. The molecular formula is C24H26N2O4. The van der Waals surface area contributed by atoms with Crippen molar-refractivity contribution in [2.45, 2.75) is 50.5 Å². The predicted octanol–water partition coefficient (Wildman–Crippen LogP) is 5.21. The maximum atomic E-state index is 11.1. The van der Waals surface area contributed by atoms with Crippen LogP contribution in [0.2, 0.25) is 0 Å². The largest absolute Gasteiger partial charge is 0.492 e. The van der Waals surface area contributed by atoms with Crippen LogP contribution >= 0.6 is 0 Å². The van der Waals surface area contributed by atoms with Gasteiger partial charge in [-0.15, -0.1) is 0 Å². The van der Waals surface area contributed by atoms with E-state index in [9.17, 15) is 4.79 Å². The summed E-state index contributed by atoms with van der Waals surface area (Å²) in [7, 11) is 0. The van der Waals surface area contributed by atoms with E-state index >= 15 is 0 Å². The molecule has 0 bridgehead atoms. The molecule has 0 amide bonds. The van der Waals surface area contributed by atoms with Gasteiger partial charge in [0.15, 0.2) is 0 Å². The number of H-pyrrole nitrogens is 1. The molecule has 1 fully saturated rings. The Labute approximate surface area is 175 Å².